The molecule has 0 amide bonds. The molecule has 0 rings (SSSR count). The maximum Gasteiger partial charge on any atom is 0.0714 e. The molecule has 0 heterocycles. The Labute approximate surface area is 55.2 Å². The molecule has 1 unspecified atom stereocenters. The molecule has 50 valence electrons. The fourth-order valence-electron chi connectivity index (χ4n) is 0.423. The van der Waals surface area contributed by atoms with Crippen LogP contribution in [-0.2, 0) is 0 Å². The molecule has 2 nitrogen and oxygen atoms in total. The quantitative estimate of drug-likeness (QED) is 0.543. The number of likely N-dealkylation sites (N-methyl/N-ethyl adjacent to an activating group) is 1. The Morgan fingerprint density at radius 1 is 1.75 bits per heavy atom. The molecule has 0 aromatic heterocycles. The summed E-state index contributed by atoms with van der Waals surface area (Å²) >= 11 is 1.67. The predicted molar refractivity (Wildman–Crippen MR) is 40.0 cm³/mol. The zero-order chi connectivity index (χ0) is 6.62. The van der Waals surface area contributed by atoms with Crippen molar-refractivity contribution in [3.05, 3.63) is 0 Å². The largest absolute Gasteiger partial charge is 0.317 e. The summed E-state index contributed by atoms with van der Waals surface area (Å²) in [6, 6.07) is 0. The van der Waals surface area contributed by atoms with Gasteiger partial charge in [-0.05, 0) is 20.2 Å². The van der Waals surface area contributed by atoms with Gasteiger partial charge in [0.25, 0.3) is 0 Å². The lowest BCUT2D eigenvalue weighted by atomic mass is 10.3. The Morgan fingerprint density at radius 2 is 2.25 bits per heavy atom. The van der Waals surface area contributed by atoms with Gasteiger partial charge in [0, 0.05) is 6.54 Å². The molecule has 0 saturated carbocycles. The monoisotopic (exact) mass is 134 g/mol. The van der Waals surface area contributed by atoms with Crippen molar-refractivity contribution in [3.63, 3.8) is 0 Å². The smallest absolute Gasteiger partial charge is 0.0714 e. The maximum absolute atomic E-state index is 5.73. The van der Waals surface area contributed by atoms with E-state index in [2.05, 4.69) is 5.32 Å². The average Bonchev–Trinajstić information content (AvgIpc) is 1.67. The van der Waals surface area contributed by atoms with Gasteiger partial charge in [0.05, 0.1) is 4.87 Å². The molecule has 0 radical (unpaired) electrons. The molecule has 0 spiro atoms. The highest BCUT2D eigenvalue weighted by atomic mass is 32.2. The molecule has 3 heteroatoms. The number of thioether (sulfide) groups is 1. The summed E-state index contributed by atoms with van der Waals surface area (Å²) in [7, 11) is 1.90. The molecular formula is C5H14N2S. The third-order valence-corrected chi connectivity index (χ3v) is 2.07. The van der Waals surface area contributed by atoms with E-state index in [1.54, 1.807) is 11.8 Å². The Kier molecular flexibility index (Phi) is 3.44. The Hall–Kier alpha value is 0.270. The molecule has 0 fully saturated rings. The number of nitrogens with two attached hydrogens (primary N) is 1. The predicted octanol–water partition coefficient (Wildman–Crippen LogP) is 0.244. The van der Waals surface area contributed by atoms with E-state index in [0.29, 0.717) is 0 Å². The Balaban J connectivity index is 3.37. The third-order valence-electron chi connectivity index (χ3n) is 0.994. The van der Waals surface area contributed by atoms with Crippen molar-refractivity contribution in [1.82, 2.24) is 5.32 Å². The van der Waals surface area contributed by atoms with Crippen LogP contribution < -0.4 is 11.1 Å². The summed E-state index contributed by atoms with van der Waals surface area (Å²) in [5.41, 5.74) is 5.73. The van der Waals surface area contributed by atoms with Crippen molar-refractivity contribution < 1.29 is 0 Å². The van der Waals surface area contributed by atoms with Crippen LogP contribution in [0, 0.1) is 0 Å². The standard InChI is InChI=1S/C5H14N2S/c1-5(6,8-3)4-7-2/h7H,4,6H2,1-3H3. The molecular weight excluding hydrogens is 120 g/mol. The minimum atomic E-state index is -0.102. The van der Waals surface area contributed by atoms with E-state index in [-0.39, 0.29) is 4.87 Å². The topological polar surface area (TPSA) is 38.0 Å². The van der Waals surface area contributed by atoms with Gasteiger partial charge in [-0.1, -0.05) is 0 Å². The second kappa shape index (κ2) is 3.33. The SMILES string of the molecule is CNCC(C)(N)SC. The van der Waals surface area contributed by atoms with Gasteiger partial charge in [-0.15, -0.1) is 11.8 Å². The van der Waals surface area contributed by atoms with Crippen LogP contribution in [0.2, 0.25) is 0 Å². The van der Waals surface area contributed by atoms with Crippen LogP contribution in [0.4, 0.5) is 0 Å². The average molecular weight is 134 g/mol. The summed E-state index contributed by atoms with van der Waals surface area (Å²) in [4.78, 5) is -0.102. The van der Waals surface area contributed by atoms with Gasteiger partial charge in [0.2, 0.25) is 0 Å². The molecule has 0 bridgehead atoms. The van der Waals surface area contributed by atoms with Gasteiger partial charge >= 0.3 is 0 Å². The summed E-state index contributed by atoms with van der Waals surface area (Å²) in [5, 5.41) is 3.01. The van der Waals surface area contributed by atoms with Crippen LogP contribution in [0.3, 0.4) is 0 Å². The Morgan fingerprint density at radius 3 is 2.38 bits per heavy atom. The second-order valence-corrected chi connectivity index (χ2v) is 3.39. The molecule has 0 saturated heterocycles. The van der Waals surface area contributed by atoms with E-state index in [0.717, 1.165) is 6.54 Å². The minimum absolute atomic E-state index is 0.102. The van der Waals surface area contributed by atoms with Crippen LogP contribution in [0.25, 0.3) is 0 Å². The van der Waals surface area contributed by atoms with E-state index < -0.39 is 0 Å². The zero-order valence-electron chi connectivity index (χ0n) is 5.69. The highest BCUT2D eigenvalue weighted by molar-refractivity contribution is 7.99. The van der Waals surface area contributed by atoms with E-state index in [1.807, 2.05) is 20.2 Å². The van der Waals surface area contributed by atoms with Crippen LogP contribution in [0.5, 0.6) is 0 Å². The lowest BCUT2D eigenvalue weighted by Crippen LogP contribution is -2.41. The van der Waals surface area contributed by atoms with Gasteiger partial charge in [-0.2, -0.15) is 0 Å². The van der Waals surface area contributed by atoms with Gasteiger partial charge in [0.15, 0.2) is 0 Å². The summed E-state index contributed by atoms with van der Waals surface area (Å²) in [6.07, 6.45) is 2.01. The van der Waals surface area contributed by atoms with Gasteiger partial charge < -0.3 is 11.1 Å². The fraction of sp³-hybridized carbons (Fsp3) is 1.00. The van der Waals surface area contributed by atoms with Gasteiger partial charge in [0.1, 0.15) is 0 Å². The molecule has 1 atom stereocenters. The molecule has 0 aromatic carbocycles. The van der Waals surface area contributed by atoms with Crippen molar-refractivity contribution in [1.29, 1.82) is 0 Å². The van der Waals surface area contributed by atoms with Crippen molar-refractivity contribution in [2.75, 3.05) is 19.8 Å². The zero-order valence-corrected chi connectivity index (χ0v) is 6.51. The first kappa shape index (κ1) is 8.27. The first-order chi connectivity index (χ1) is 3.62. The molecule has 0 aliphatic carbocycles. The highest BCUT2D eigenvalue weighted by Crippen LogP contribution is 2.12. The number of rotatable bonds is 3. The summed E-state index contributed by atoms with van der Waals surface area (Å²) < 4.78 is 0. The fourth-order valence-corrected chi connectivity index (χ4v) is 0.712. The van der Waals surface area contributed by atoms with E-state index in [4.69, 9.17) is 5.73 Å². The number of nitrogens with one attached hydrogen (secondary N) is 1. The normalized spacial score (nSPS) is 18.0. The molecule has 0 aliphatic heterocycles. The van der Waals surface area contributed by atoms with Gasteiger partial charge in [-0.25, -0.2) is 0 Å². The van der Waals surface area contributed by atoms with Crippen molar-refractivity contribution >= 4 is 11.8 Å². The van der Waals surface area contributed by atoms with Gasteiger partial charge in [-0.3, -0.25) is 0 Å². The number of hydrogen-bond acceptors (Lipinski definition) is 3. The first-order valence-electron chi connectivity index (χ1n) is 2.61. The second-order valence-electron chi connectivity index (χ2n) is 2.05. The molecule has 3 N–H and O–H groups in total. The van der Waals surface area contributed by atoms with Crippen molar-refractivity contribution in [2.45, 2.75) is 11.8 Å². The van der Waals surface area contributed by atoms with E-state index >= 15 is 0 Å². The lowest BCUT2D eigenvalue weighted by Gasteiger charge is -2.20. The highest BCUT2D eigenvalue weighted by Gasteiger charge is 2.13. The summed E-state index contributed by atoms with van der Waals surface area (Å²) in [5.74, 6) is 0. The molecule has 0 aromatic rings. The van der Waals surface area contributed by atoms with Crippen molar-refractivity contribution in [3.8, 4) is 0 Å². The molecule has 0 aliphatic rings. The van der Waals surface area contributed by atoms with E-state index in [9.17, 15) is 0 Å². The minimum Gasteiger partial charge on any atom is -0.317 e. The van der Waals surface area contributed by atoms with Crippen LogP contribution in [0.1, 0.15) is 6.92 Å². The Bertz CT molecular complexity index is 63.4. The lowest BCUT2D eigenvalue weighted by molar-refractivity contribution is 0.618. The molecule has 8 heavy (non-hydrogen) atoms. The maximum atomic E-state index is 5.73. The summed E-state index contributed by atoms with van der Waals surface area (Å²) in [6.45, 7) is 2.86. The van der Waals surface area contributed by atoms with Crippen molar-refractivity contribution in [2.24, 2.45) is 5.73 Å². The van der Waals surface area contributed by atoms with Crippen LogP contribution in [-0.4, -0.2) is 24.7 Å². The van der Waals surface area contributed by atoms with Crippen LogP contribution >= 0.6 is 11.8 Å². The van der Waals surface area contributed by atoms with Crippen LogP contribution in [0.15, 0.2) is 0 Å². The first-order valence-corrected chi connectivity index (χ1v) is 3.83. The van der Waals surface area contributed by atoms with E-state index in [1.165, 1.54) is 0 Å². The number of hydrogen-bond donors (Lipinski definition) is 2. The third kappa shape index (κ3) is 3.29.